The summed E-state index contributed by atoms with van der Waals surface area (Å²) in [5.41, 5.74) is 0. The molecule has 0 aromatic carbocycles. The molecule has 0 saturated carbocycles. The number of nitrogens with one attached hydrogen (secondary N) is 1. The highest BCUT2D eigenvalue weighted by Crippen LogP contribution is 1.96. The van der Waals surface area contributed by atoms with Crippen molar-refractivity contribution in [1.29, 1.82) is 0 Å². The molecule has 1 aliphatic heterocycles. The highest BCUT2D eigenvalue weighted by atomic mass is 16.5. The van der Waals surface area contributed by atoms with E-state index < -0.39 is 0 Å². The number of nitrogens with zero attached hydrogens (tertiary/aromatic N) is 1. The second-order valence-corrected chi connectivity index (χ2v) is 2.83. The van der Waals surface area contributed by atoms with Crippen molar-refractivity contribution in [3.05, 3.63) is 0 Å². The van der Waals surface area contributed by atoms with Crippen LogP contribution in [0.2, 0.25) is 0 Å². The fourth-order valence-corrected chi connectivity index (χ4v) is 1.11. The van der Waals surface area contributed by atoms with E-state index in [0.29, 0.717) is 13.2 Å². The lowest BCUT2D eigenvalue weighted by molar-refractivity contribution is 0.0532. The van der Waals surface area contributed by atoms with Crippen LogP contribution in [-0.4, -0.2) is 43.8 Å². The van der Waals surface area contributed by atoms with E-state index in [0.717, 1.165) is 26.1 Å². The predicted molar refractivity (Wildman–Crippen MR) is 46.1 cm³/mol. The number of urea groups is 1. The molecule has 12 heavy (non-hydrogen) atoms. The van der Waals surface area contributed by atoms with Crippen molar-refractivity contribution in [3.8, 4) is 0 Å². The van der Waals surface area contributed by atoms with E-state index in [4.69, 9.17) is 4.74 Å². The number of amides is 2. The molecule has 0 radical (unpaired) electrons. The molecular weight excluding hydrogens is 156 g/mol. The van der Waals surface area contributed by atoms with Crippen LogP contribution < -0.4 is 5.32 Å². The average molecular weight is 172 g/mol. The van der Waals surface area contributed by atoms with Gasteiger partial charge in [-0.1, -0.05) is 6.92 Å². The van der Waals surface area contributed by atoms with E-state index in [9.17, 15) is 4.79 Å². The molecule has 1 rings (SSSR count). The zero-order valence-corrected chi connectivity index (χ0v) is 7.51. The van der Waals surface area contributed by atoms with Gasteiger partial charge in [0.25, 0.3) is 0 Å². The van der Waals surface area contributed by atoms with Crippen molar-refractivity contribution < 1.29 is 9.53 Å². The summed E-state index contributed by atoms with van der Waals surface area (Å²) in [6.45, 7) is 5.57. The van der Waals surface area contributed by atoms with Crippen molar-refractivity contribution in [2.75, 3.05) is 32.8 Å². The molecule has 1 N–H and O–H groups in total. The second kappa shape index (κ2) is 4.98. The van der Waals surface area contributed by atoms with Crippen molar-refractivity contribution in [2.45, 2.75) is 13.3 Å². The van der Waals surface area contributed by atoms with Crippen LogP contribution >= 0.6 is 0 Å². The zero-order chi connectivity index (χ0) is 8.81. The Morgan fingerprint density at radius 3 is 2.75 bits per heavy atom. The molecule has 0 aliphatic carbocycles. The first-order valence-corrected chi connectivity index (χ1v) is 4.45. The lowest BCUT2D eigenvalue weighted by Gasteiger charge is -2.26. The first-order valence-electron chi connectivity index (χ1n) is 4.45. The molecule has 1 fully saturated rings. The molecule has 0 atom stereocenters. The van der Waals surface area contributed by atoms with Crippen LogP contribution in [0.1, 0.15) is 13.3 Å². The minimum Gasteiger partial charge on any atom is -0.378 e. The SMILES string of the molecule is CCCNC(=O)N1CCOCC1. The lowest BCUT2D eigenvalue weighted by atomic mass is 10.4. The van der Waals surface area contributed by atoms with Crippen molar-refractivity contribution in [3.63, 3.8) is 0 Å². The van der Waals surface area contributed by atoms with Gasteiger partial charge in [0.2, 0.25) is 0 Å². The molecule has 2 amide bonds. The number of ether oxygens (including phenoxy) is 1. The van der Waals surface area contributed by atoms with Gasteiger partial charge in [-0.05, 0) is 6.42 Å². The average Bonchev–Trinajstić information content (AvgIpc) is 2.15. The molecule has 70 valence electrons. The number of morpholine rings is 1. The van der Waals surface area contributed by atoms with Crippen LogP contribution in [0.25, 0.3) is 0 Å². The van der Waals surface area contributed by atoms with E-state index in [-0.39, 0.29) is 6.03 Å². The Hall–Kier alpha value is -0.770. The molecule has 4 nitrogen and oxygen atoms in total. The van der Waals surface area contributed by atoms with Crippen LogP contribution in [0, 0.1) is 0 Å². The third kappa shape index (κ3) is 2.70. The van der Waals surface area contributed by atoms with Gasteiger partial charge in [0.05, 0.1) is 13.2 Å². The quantitative estimate of drug-likeness (QED) is 0.656. The standard InChI is InChI=1S/C8H16N2O2/c1-2-3-9-8(11)10-4-6-12-7-5-10/h2-7H2,1H3,(H,9,11). The maximum atomic E-state index is 11.3. The van der Waals surface area contributed by atoms with E-state index in [2.05, 4.69) is 5.32 Å². The minimum absolute atomic E-state index is 0.0418. The molecule has 1 saturated heterocycles. The molecule has 0 spiro atoms. The number of carbonyl (C=O) groups excluding carboxylic acids is 1. The van der Waals surface area contributed by atoms with Gasteiger partial charge in [-0.3, -0.25) is 0 Å². The highest BCUT2D eigenvalue weighted by molar-refractivity contribution is 5.74. The predicted octanol–water partition coefficient (Wildman–Crippen LogP) is 0.438. The van der Waals surface area contributed by atoms with Crippen LogP contribution in [0.4, 0.5) is 4.79 Å². The summed E-state index contributed by atoms with van der Waals surface area (Å²) in [5.74, 6) is 0. The lowest BCUT2D eigenvalue weighted by Crippen LogP contribution is -2.46. The first-order chi connectivity index (χ1) is 5.84. The molecule has 1 aliphatic rings. The molecule has 0 bridgehead atoms. The Morgan fingerprint density at radius 2 is 2.17 bits per heavy atom. The summed E-state index contributed by atoms with van der Waals surface area (Å²) < 4.78 is 5.13. The molecule has 4 heteroatoms. The summed E-state index contributed by atoms with van der Waals surface area (Å²) >= 11 is 0. The number of hydrogen-bond acceptors (Lipinski definition) is 2. The topological polar surface area (TPSA) is 41.6 Å². The maximum Gasteiger partial charge on any atom is 0.317 e. The minimum atomic E-state index is 0.0418. The Labute approximate surface area is 72.9 Å². The number of hydrogen-bond donors (Lipinski definition) is 1. The van der Waals surface area contributed by atoms with Gasteiger partial charge in [-0.25, -0.2) is 4.79 Å². The monoisotopic (exact) mass is 172 g/mol. The molecule has 0 aromatic heterocycles. The van der Waals surface area contributed by atoms with E-state index in [1.807, 2.05) is 6.92 Å². The van der Waals surface area contributed by atoms with Crippen LogP contribution in [0.3, 0.4) is 0 Å². The Balaban J connectivity index is 2.20. The molecule has 1 heterocycles. The summed E-state index contributed by atoms with van der Waals surface area (Å²) in [4.78, 5) is 13.1. The summed E-state index contributed by atoms with van der Waals surface area (Å²) in [7, 11) is 0. The highest BCUT2D eigenvalue weighted by Gasteiger charge is 2.15. The fraction of sp³-hybridized carbons (Fsp3) is 0.875. The molecule has 0 aromatic rings. The zero-order valence-electron chi connectivity index (χ0n) is 7.51. The van der Waals surface area contributed by atoms with Gasteiger partial charge < -0.3 is 15.0 Å². The second-order valence-electron chi connectivity index (χ2n) is 2.83. The van der Waals surface area contributed by atoms with Gasteiger partial charge >= 0.3 is 6.03 Å². The Bertz CT molecular complexity index is 144. The van der Waals surface area contributed by atoms with Crippen molar-refractivity contribution in [1.82, 2.24) is 10.2 Å². The molecule has 0 unspecified atom stereocenters. The fourth-order valence-electron chi connectivity index (χ4n) is 1.11. The van der Waals surface area contributed by atoms with Gasteiger partial charge in [0.1, 0.15) is 0 Å². The van der Waals surface area contributed by atoms with E-state index in [1.54, 1.807) is 4.90 Å². The van der Waals surface area contributed by atoms with Gasteiger partial charge in [0, 0.05) is 19.6 Å². The van der Waals surface area contributed by atoms with Gasteiger partial charge in [0.15, 0.2) is 0 Å². The van der Waals surface area contributed by atoms with Crippen LogP contribution in [-0.2, 0) is 4.74 Å². The summed E-state index contributed by atoms with van der Waals surface area (Å²) in [6.07, 6.45) is 0.982. The van der Waals surface area contributed by atoms with Gasteiger partial charge in [-0.15, -0.1) is 0 Å². The third-order valence-electron chi connectivity index (χ3n) is 1.82. The van der Waals surface area contributed by atoms with Gasteiger partial charge in [-0.2, -0.15) is 0 Å². The largest absolute Gasteiger partial charge is 0.378 e. The Morgan fingerprint density at radius 1 is 1.50 bits per heavy atom. The van der Waals surface area contributed by atoms with Crippen LogP contribution in [0.5, 0.6) is 0 Å². The normalized spacial score (nSPS) is 17.6. The van der Waals surface area contributed by atoms with Crippen LogP contribution in [0.15, 0.2) is 0 Å². The van der Waals surface area contributed by atoms with E-state index in [1.165, 1.54) is 0 Å². The first kappa shape index (κ1) is 9.32. The summed E-state index contributed by atoms with van der Waals surface area (Å²) in [5, 5.41) is 2.83. The maximum absolute atomic E-state index is 11.3. The smallest absolute Gasteiger partial charge is 0.317 e. The Kier molecular flexibility index (Phi) is 3.87. The molecular formula is C8H16N2O2. The third-order valence-corrected chi connectivity index (χ3v) is 1.82. The summed E-state index contributed by atoms with van der Waals surface area (Å²) in [6, 6.07) is 0.0418. The van der Waals surface area contributed by atoms with Crippen molar-refractivity contribution in [2.24, 2.45) is 0 Å². The number of carbonyl (C=O) groups is 1. The van der Waals surface area contributed by atoms with Crippen molar-refractivity contribution >= 4 is 6.03 Å². The number of rotatable bonds is 2. The van der Waals surface area contributed by atoms with E-state index >= 15 is 0 Å².